The molecule has 9 heteroatoms. The summed E-state index contributed by atoms with van der Waals surface area (Å²) in [4.78, 5) is 27.2. The number of hydrogen-bond donors (Lipinski definition) is 2. The molecule has 0 saturated carbocycles. The lowest BCUT2D eigenvalue weighted by molar-refractivity contribution is -0.131. The van der Waals surface area contributed by atoms with E-state index >= 15 is 0 Å². The van der Waals surface area contributed by atoms with Gasteiger partial charge in [-0.3, -0.25) is 0 Å². The molecular weight excluding hydrogens is 332 g/mol. The number of rotatable bonds is 5. The molecule has 0 aliphatic heterocycles. The lowest BCUT2D eigenvalue weighted by atomic mass is 10.2. The van der Waals surface area contributed by atoms with E-state index in [2.05, 4.69) is 15.4 Å². The molecule has 0 spiro atoms. The van der Waals surface area contributed by atoms with Crippen LogP contribution in [0.1, 0.15) is 31.2 Å². The Balaban J connectivity index is 1.96. The molecule has 8 nitrogen and oxygen atoms in total. The summed E-state index contributed by atoms with van der Waals surface area (Å²) in [5.74, 6) is -1.02. The first-order valence-corrected chi connectivity index (χ1v) is 7.92. The van der Waals surface area contributed by atoms with E-state index in [-0.39, 0.29) is 0 Å². The minimum atomic E-state index is -1.02. The molecule has 0 aliphatic rings. The van der Waals surface area contributed by atoms with Gasteiger partial charge in [0.1, 0.15) is 5.60 Å². The van der Waals surface area contributed by atoms with Crippen molar-refractivity contribution in [1.82, 2.24) is 20.1 Å². The number of nitrogens with one attached hydrogen (secondary N) is 1. The third-order valence-electron chi connectivity index (χ3n) is 2.56. The van der Waals surface area contributed by atoms with Crippen molar-refractivity contribution >= 4 is 29.5 Å². The van der Waals surface area contributed by atoms with E-state index in [1.165, 1.54) is 17.4 Å². The minimum absolute atomic E-state index is 0.305. The lowest BCUT2D eigenvalue weighted by Gasteiger charge is -2.19. The largest absolute Gasteiger partial charge is 0.478 e. The fourth-order valence-corrected chi connectivity index (χ4v) is 2.44. The predicted molar refractivity (Wildman–Crippen MR) is 89.0 cm³/mol. The van der Waals surface area contributed by atoms with Gasteiger partial charge in [-0.25, -0.2) is 19.3 Å². The normalized spacial score (nSPS) is 11.6. The van der Waals surface area contributed by atoms with Crippen LogP contribution in [0.3, 0.4) is 0 Å². The summed E-state index contributed by atoms with van der Waals surface area (Å²) < 4.78 is 6.71. The maximum absolute atomic E-state index is 11.6. The van der Waals surface area contributed by atoms with Crippen LogP contribution >= 0.6 is 11.3 Å². The molecule has 2 rings (SSSR count). The Hall–Kier alpha value is -2.68. The maximum Gasteiger partial charge on any atom is 0.407 e. The number of amides is 1. The standard InChI is InChI=1S/C15H18N4O4S/c1-15(2,3)23-14(22)17-8-11-7-16-13(24-11)19-9-10(6-18-19)4-5-12(20)21/h4-7,9H,8H2,1-3H3,(H,17,22)(H,20,21). The molecule has 0 aromatic carbocycles. The van der Waals surface area contributed by atoms with Crippen LogP contribution in [0.25, 0.3) is 11.2 Å². The van der Waals surface area contributed by atoms with Crippen molar-refractivity contribution in [2.45, 2.75) is 32.9 Å². The fourth-order valence-electron chi connectivity index (χ4n) is 1.65. The highest BCUT2D eigenvalue weighted by Gasteiger charge is 2.16. The second kappa shape index (κ2) is 7.26. The zero-order valence-corrected chi connectivity index (χ0v) is 14.3. The SMILES string of the molecule is CC(C)(C)OC(=O)NCc1cnc(-n2cc(C=CC(=O)O)cn2)s1. The van der Waals surface area contributed by atoms with Crippen molar-refractivity contribution in [3.05, 3.63) is 35.1 Å². The number of carboxylic acids is 1. The molecule has 0 fully saturated rings. The number of alkyl carbamates (subject to hydrolysis) is 1. The summed E-state index contributed by atoms with van der Waals surface area (Å²) in [6, 6.07) is 0. The Labute approximate surface area is 142 Å². The van der Waals surface area contributed by atoms with Crippen LogP contribution < -0.4 is 5.32 Å². The van der Waals surface area contributed by atoms with Gasteiger partial charge in [-0.2, -0.15) is 5.10 Å². The second-order valence-corrected chi connectivity index (χ2v) is 6.95. The topological polar surface area (TPSA) is 106 Å². The quantitative estimate of drug-likeness (QED) is 0.802. The van der Waals surface area contributed by atoms with Gasteiger partial charge < -0.3 is 15.2 Å². The predicted octanol–water partition coefficient (Wildman–Crippen LogP) is 2.45. The molecule has 0 unspecified atom stereocenters. The van der Waals surface area contributed by atoms with Crippen LogP contribution in [-0.4, -0.2) is 37.5 Å². The molecule has 128 valence electrons. The van der Waals surface area contributed by atoms with Crippen molar-refractivity contribution in [1.29, 1.82) is 0 Å². The molecule has 2 N–H and O–H groups in total. The number of ether oxygens (including phenoxy) is 1. The number of nitrogens with zero attached hydrogens (tertiary/aromatic N) is 3. The van der Waals surface area contributed by atoms with Crippen molar-refractivity contribution in [3.63, 3.8) is 0 Å². The van der Waals surface area contributed by atoms with E-state index in [0.29, 0.717) is 17.2 Å². The maximum atomic E-state index is 11.6. The van der Waals surface area contributed by atoms with Crippen molar-refractivity contribution in [3.8, 4) is 5.13 Å². The van der Waals surface area contributed by atoms with Gasteiger partial charge in [-0.1, -0.05) is 11.3 Å². The Morgan fingerprint density at radius 1 is 1.42 bits per heavy atom. The molecule has 2 aromatic rings. The summed E-state index contributed by atoms with van der Waals surface area (Å²) in [6.45, 7) is 5.70. The summed E-state index contributed by atoms with van der Waals surface area (Å²) in [5, 5.41) is 16.0. The molecule has 0 atom stereocenters. The van der Waals surface area contributed by atoms with Crippen molar-refractivity contribution in [2.24, 2.45) is 0 Å². The Bertz CT molecular complexity index is 758. The number of carboxylic acid groups (broad SMARTS) is 1. The van der Waals surface area contributed by atoms with Gasteiger partial charge in [-0.05, 0) is 26.8 Å². The Kier molecular flexibility index (Phi) is 5.35. The second-order valence-electron chi connectivity index (χ2n) is 5.85. The number of aliphatic carboxylic acids is 1. The molecule has 2 aromatic heterocycles. The molecule has 1 amide bonds. The fraction of sp³-hybridized carbons (Fsp3) is 0.333. The Morgan fingerprint density at radius 2 is 2.17 bits per heavy atom. The first kappa shape index (κ1) is 17.7. The summed E-state index contributed by atoms with van der Waals surface area (Å²) >= 11 is 1.36. The molecule has 0 saturated heterocycles. The number of carbonyl (C=O) groups excluding carboxylic acids is 1. The monoisotopic (exact) mass is 350 g/mol. The van der Waals surface area contributed by atoms with Gasteiger partial charge in [0, 0.05) is 28.9 Å². The van der Waals surface area contributed by atoms with Crippen LogP contribution in [0.4, 0.5) is 4.79 Å². The average Bonchev–Trinajstić information content (AvgIpc) is 3.10. The number of carbonyl (C=O) groups is 2. The van der Waals surface area contributed by atoms with E-state index in [9.17, 15) is 9.59 Å². The van der Waals surface area contributed by atoms with Gasteiger partial charge in [0.15, 0.2) is 0 Å². The van der Waals surface area contributed by atoms with E-state index in [0.717, 1.165) is 11.0 Å². The molecule has 24 heavy (non-hydrogen) atoms. The smallest absolute Gasteiger partial charge is 0.407 e. The third-order valence-corrected chi connectivity index (χ3v) is 3.55. The lowest BCUT2D eigenvalue weighted by Crippen LogP contribution is -2.31. The first-order valence-electron chi connectivity index (χ1n) is 7.10. The molecule has 0 aliphatic carbocycles. The van der Waals surface area contributed by atoms with Gasteiger partial charge in [-0.15, -0.1) is 0 Å². The zero-order valence-electron chi connectivity index (χ0n) is 13.5. The van der Waals surface area contributed by atoms with Crippen molar-refractivity contribution in [2.75, 3.05) is 0 Å². The highest BCUT2D eigenvalue weighted by atomic mass is 32.1. The van der Waals surface area contributed by atoms with E-state index in [1.807, 2.05) is 0 Å². The Morgan fingerprint density at radius 3 is 2.83 bits per heavy atom. The van der Waals surface area contributed by atoms with Crippen LogP contribution in [-0.2, 0) is 16.1 Å². The number of aromatic nitrogens is 3. The van der Waals surface area contributed by atoms with Gasteiger partial charge in [0.05, 0.1) is 12.7 Å². The van der Waals surface area contributed by atoms with Gasteiger partial charge >= 0.3 is 12.1 Å². The molecule has 2 heterocycles. The van der Waals surface area contributed by atoms with E-state index in [4.69, 9.17) is 9.84 Å². The third kappa shape index (κ3) is 5.51. The highest BCUT2D eigenvalue weighted by molar-refractivity contribution is 7.14. The summed E-state index contributed by atoms with van der Waals surface area (Å²) in [6.07, 6.45) is 6.86. The van der Waals surface area contributed by atoms with Crippen LogP contribution in [0, 0.1) is 0 Å². The summed E-state index contributed by atoms with van der Waals surface area (Å²) in [7, 11) is 0. The first-order chi connectivity index (χ1) is 11.2. The molecule has 0 radical (unpaired) electrons. The van der Waals surface area contributed by atoms with Crippen LogP contribution in [0.15, 0.2) is 24.7 Å². The molecular formula is C15H18N4O4S. The summed E-state index contributed by atoms with van der Waals surface area (Å²) in [5.41, 5.74) is 0.110. The van der Waals surface area contributed by atoms with Gasteiger partial charge in [0.2, 0.25) is 5.13 Å². The number of hydrogen-bond acceptors (Lipinski definition) is 6. The zero-order chi connectivity index (χ0) is 17.7. The minimum Gasteiger partial charge on any atom is -0.478 e. The van der Waals surface area contributed by atoms with Crippen molar-refractivity contribution < 1.29 is 19.4 Å². The van der Waals surface area contributed by atoms with E-state index < -0.39 is 17.7 Å². The van der Waals surface area contributed by atoms with E-state index in [1.54, 1.807) is 44.0 Å². The molecule has 0 bridgehead atoms. The number of thiazole rings is 1. The van der Waals surface area contributed by atoms with Gasteiger partial charge in [0.25, 0.3) is 0 Å². The van der Waals surface area contributed by atoms with Crippen LogP contribution in [0.5, 0.6) is 0 Å². The average molecular weight is 350 g/mol. The van der Waals surface area contributed by atoms with Crippen LogP contribution in [0.2, 0.25) is 0 Å². The highest BCUT2D eigenvalue weighted by Crippen LogP contribution is 2.17.